The lowest BCUT2D eigenvalue weighted by atomic mass is 10.1. The number of benzene rings is 1. The van der Waals surface area contributed by atoms with Crippen molar-refractivity contribution < 1.29 is 17.9 Å². The highest BCUT2D eigenvalue weighted by molar-refractivity contribution is 7.90. The molecule has 0 radical (unpaired) electrons. The first-order chi connectivity index (χ1) is 15.2. The molecule has 3 aromatic heterocycles. The van der Waals surface area contributed by atoms with Gasteiger partial charge in [-0.3, -0.25) is 4.79 Å². The topological polar surface area (TPSA) is 136 Å². The second-order valence-corrected chi connectivity index (χ2v) is 10.6. The second kappa shape index (κ2) is 7.50. The SMILES string of the molecule is C[C@@H]1CNc2c(sc3ccc4nc(Oc5nc(Cl)ncc5S(C)(=O)=O)cnc4c23)C(=O)N1. The van der Waals surface area contributed by atoms with E-state index < -0.39 is 9.84 Å². The lowest BCUT2D eigenvalue weighted by Gasteiger charge is -2.10. The number of fused-ring (bicyclic) bond motifs is 5. The molecule has 0 aliphatic carbocycles. The largest absolute Gasteiger partial charge is 0.417 e. The van der Waals surface area contributed by atoms with Crippen LogP contribution in [-0.4, -0.2) is 53.1 Å². The maximum absolute atomic E-state index is 12.6. The van der Waals surface area contributed by atoms with Gasteiger partial charge in [0.05, 0.1) is 29.1 Å². The first kappa shape index (κ1) is 20.8. The summed E-state index contributed by atoms with van der Waals surface area (Å²) < 4.78 is 30.6. The number of anilines is 1. The zero-order valence-electron chi connectivity index (χ0n) is 16.7. The number of hydrogen-bond acceptors (Lipinski definition) is 10. The van der Waals surface area contributed by atoms with Gasteiger partial charge >= 0.3 is 0 Å². The van der Waals surface area contributed by atoms with E-state index in [1.807, 2.05) is 13.0 Å². The number of carbonyl (C=O) groups excluding carboxylic acids is 1. The zero-order valence-corrected chi connectivity index (χ0v) is 19.1. The molecule has 32 heavy (non-hydrogen) atoms. The Labute approximate surface area is 190 Å². The third-order valence-corrected chi connectivity index (χ3v) is 7.22. The first-order valence-corrected chi connectivity index (χ1v) is 12.5. The van der Waals surface area contributed by atoms with E-state index in [2.05, 4.69) is 30.6 Å². The van der Waals surface area contributed by atoms with E-state index in [9.17, 15) is 13.2 Å². The van der Waals surface area contributed by atoms with Crippen LogP contribution in [0.2, 0.25) is 5.28 Å². The van der Waals surface area contributed by atoms with Gasteiger partial charge in [0.25, 0.3) is 5.91 Å². The number of nitrogens with one attached hydrogen (secondary N) is 2. The number of nitrogens with zero attached hydrogens (tertiary/aromatic N) is 4. The van der Waals surface area contributed by atoms with Gasteiger partial charge in [-0.15, -0.1) is 11.3 Å². The molecule has 4 heterocycles. The minimum atomic E-state index is -3.66. The summed E-state index contributed by atoms with van der Waals surface area (Å²) in [5.41, 5.74) is 1.82. The molecule has 164 valence electrons. The van der Waals surface area contributed by atoms with Gasteiger partial charge in [-0.05, 0) is 30.7 Å². The molecule has 0 spiro atoms. The van der Waals surface area contributed by atoms with Crippen molar-refractivity contribution in [2.45, 2.75) is 17.9 Å². The van der Waals surface area contributed by atoms with Gasteiger partial charge in [0.1, 0.15) is 9.77 Å². The number of hydrogen-bond donors (Lipinski definition) is 2. The van der Waals surface area contributed by atoms with Crippen LogP contribution in [0.15, 0.2) is 29.4 Å². The Morgan fingerprint density at radius 3 is 2.81 bits per heavy atom. The fourth-order valence-electron chi connectivity index (χ4n) is 3.39. The Hall–Kier alpha value is -3.09. The Morgan fingerprint density at radius 2 is 2.03 bits per heavy atom. The predicted molar refractivity (Wildman–Crippen MR) is 121 cm³/mol. The molecule has 0 unspecified atom stereocenters. The van der Waals surface area contributed by atoms with E-state index in [1.165, 1.54) is 17.5 Å². The zero-order chi connectivity index (χ0) is 22.6. The molecule has 2 N–H and O–H groups in total. The molecule has 1 aromatic carbocycles. The van der Waals surface area contributed by atoms with Gasteiger partial charge in [0.15, 0.2) is 9.84 Å². The average molecular weight is 491 g/mol. The summed E-state index contributed by atoms with van der Waals surface area (Å²) in [7, 11) is -3.66. The molecule has 0 fully saturated rings. The summed E-state index contributed by atoms with van der Waals surface area (Å²) in [6.45, 7) is 2.51. The highest BCUT2D eigenvalue weighted by Gasteiger charge is 2.25. The summed E-state index contributed by atoms with van der Waals surface area (Å²) in [5, 5.41) is 6.92. The van der Waals surface area contributed by atoms with Gasteiger partial charge in [-0.2, -0.15) is 4.98 Å². The average Bonchev–Trinajstić information content (AvgIpc) is 3.04. The summed E-state index contributed by atoms with van der Waals surface area (Å²) in [5.74, 6) is -0.329. The van der Waals surface area contributed by atoms with Crippen molar-refractivity contribution in [1.29, 1.82) is 0 Å². The van der Waals surface area contributed by atoms with Gasteiger partial charge in [0.2, 0.25) is 17.0 Å². The molecular formula is C19H15ClN6O4S2. The molecule has 5 rings (SSSR count). The molecule has 0 saturated heterocycles. The van der Waals surface area contributed by atoms with Crippen LogP contribution in [0, 0.1) is 0 Å². The van der Waals surface area contributed by atoms with Crippen molar-refractivity contribution in [1.82, 2.24) is 25.3 Å². The van der Waals surface area contributed by atoms with Crippen LogP contribution >= 0.6 is 22.9 Å². The highest BCUT2D eigenvalue weighted by atomic mass is 35.5. The minimum absolute atomic E-state index is 0.0121. The Balaban J connectivity index is 1.62. The van der Waals surface area contributed by atoms with Gasteiger partial charge < -0.3 is 15.4 Å². The van der Waals surface area contributed by atoms with Gasteiger partial charge in [-0.1, -0.05) is 0 Å². The molecular weight excluding hydrogens is 476 g/mol. The molecule has 1 aliphatic rings. The Kier molecular flexibility index (Phi) is 4.87. The van der Waals surface area contributed by atoms with Crippen molar-refractivity contribution in [3.05, 3.63) is 34.7 Å². The standard InChI is InChI=1S/C19H15ClN6O4S2/c1-8-5-21-15-13-10(31-16(15)17(27)24-8)4-3-9-14(13)22-7-12(25-9)30-18-11(32(2,28)29)6-23-19(20)26-18/h3-4,6-8,21H,5H2,1-2H3,(H,24,27)/t8-/m1/s1. The molecule has 4 aromatic rings. The molecule has 0 saturated carbocycles. The maximum Gasteiger partial charge on any atom is 0.263 e. The van der Waals surface area contributed by atoms with Crippen molar-refractivity contribution in [3.63, 3.8) is 0 Å². The number of sulfone groups is 1. The monoisotopic (exact) mass is 490 g/mol. The van der Waals surface area contributed by atoms with Crippen LogP contribution in [0.4, 0.5) is 5.69 Å². The number of thiophene rings is 1. The number of aromatic nitrogens is 4. The third kappa shape index (κ3) is 3.59. The fraction of sp³-hybridized carbons (Fsp3) is 0.211. The molecule has 10 nitrogen and oxygen atoms in total. The molecule has 13 heteroatoms. The summed E-state index contributed by atoms with van der Waals surface area (Å²) in [6.07, 6.45) is 3.46. The maximum atomic E-state index is 12.6. The normalized spacial score (nSPS) is 16.3. The Bertz CT molecular complexity index is 1520. The summed E-state index contributed by atoms with van der Waals surface area (Å²) in [4.78, 5) is 29.5. The molecule has 1 atom stereocenters. The van der Waals surface area contributed by atoms with Crippen molar-refractivity contribution >= 4 is 65.5 Å². The first-order valence-electron chi connectivity index (χ1n) is 9.38. The van der Waals surface area contributed by atoms with E-state index in [-0.39, 0.29) is 33.9 Å². The van der Waals surface area contributed by atoms with E-state index in [1.54, 1.807) is 6.07 Å². The molecule has 1 aliphatic heterocycles. The van der Waals surface area contributed by atoms with Gasteiger partial charge in [-0.25, -0.2) is 23.4 Å². The molecule has 1 amide bonds. The van der Waals surface area contributed by atoms with E-state index in [4.69, 9.17) is 16.3 Å². The van der Waals surface area contributed by atoms with E-state index in [0.29, 0.717) is 22.5 Å². The molecule has 0 bridgehead atoms. The summed E-state index contributed by atoms with van der Waals surface area (Å²) in [6, 6.07) is 3.61. The predicted octanol–water partition coefficient (Wildman–Crippen LogP) is 3.03. The minimum Gasteiger partial charge on any atom is -0.417 e. The van der Waals surface area contributed by atoms with E-state index in [0.717, 1.165) is 28.2 Å². The second-order valence-electron chi connectivity index (χ2n) is 7.26. The number of amides is 1. The number of carbonyl (C=O) groups is 1. The van der Waals surface area contributed by atoms with Crippen molar-refractivity contribution in [2.75, 3.05) is 18.1 Å². The van der Waals surface area contributed by atoms with Crippen LogP contribution in [0.25, 0.3) is 21.1 Å². The smallest absolute Gasteiger partial charge is 0.263 e. The van der Waals surface area contributed by atoms with Crippen LogP contribution in [0.3, 0.4) is 0 Å². The van der Waals surface area contributed by atoms with Gasteiger partial charge in [0, 0.05) is 28.9 Å². The van der Waals surface area contributed by atoms with Crippen molar-refractivity contribution in [2.24, 2.45) is 0 Å². The van der Waals surface area contributed by atoms with Crippen LogP contribution in [0.1, 0.15) is 16.6 Å². The van der Waals surface area contributed by atoms with Crippen LogP contribution < -0.4 is 15.4 Å². The van der Waals surface area contributed by atoms with Crippen LogP contribution in [0.5, 0.6) is 11.8 Å². The summed E-state index contributed by atoms with van der Waals surface area (Å²) >= 11 is 7.19. The number of halogens is 1. The Morgan fingerprint density at radius 1 is 1.22 bits per heavy atom. The fourth-order valence-corrected chi connectivity index (χ4v) is 5.24. The number of rotatable bonds is 3. The van der Waals surface area contributed by atoms with Crippen molar-refractivity contribution in [3.8, 4) is 11.8 Å². The highest BCUT2D eigenvalue weighted by Crippen LogP contribution is 2.40. The van der Waals surface area contributed by atoms with E-state index >= 15 is 0 Å². The lowest BCUT2D eigenvalue weighted by molar-refractivity contribution is 0.0949. The quantitative estimate of drug-likeness (QED) is 0.415. The van der Waals surface area contributed by atoms with Crippen LogP contribution in [-0.2, 0) is 9.84 Å². The third-order valence-electron chi connectivity index (χ3n) is 4.80. The lowest BCUT2D eigenvalue weighted by Crippen LogP contribution is -2.34. The number of ether oxygens (including phenoxy) is 1.